The van der Waals surface area contributed by atoms with Crippen molar-refractivity contribution in [2.24, 2.45) is 5.16 Å². The molecule has 4 aromatic rings. The molecule has 0 unspecified atom stereocenters. The summed E-state index contributed by atoms with van der Waals surface area (Å²) in [7, 11) is 0. The van der Waals surface area contributed by atoms with Crippen LogP contribution in [0.25, 0.3) is 22.5 Å². The Morgan fingerprint density at radius 2 is 1.75 bits per heavy atom. The molecule has 0 atom stereocenters. The fourth-order valence-electron chi connectivity index (χ4n) is 3.92. The first-order valence-electron chi connectivity index (χ1n) is 12.2. The highest BCUT2D eigenvalue weighted by Gasteiger charge is 2.38. The Bertz CT molecular complexity index is 1510. The van der Waals surface area contributed by atoms with Crippen molar-refractivity contribution in [2.75, 3.05) is 6.54 Å². The number of hydrogen-bond donors (Lipinski definition) is 3. The number of carboxylic acid groups (broad SMARTS) is 1. The van der Waals surface area contributed by atoms with Crippen LogP contribution >= 0.6 is 0 Å². The van der Waals surface area contributed by atoms with Crippen molar-refractivity contribution in [1.29, 1.82) is 0 Å². The minimum atomic E-state index is -5.08. The molecule has 0 saturated carbocycles. The van der Waals surface area contributed by atoms with Gasteiger partial charge in [0.1, 0.15) is 6.61 Å². The summed E-state index contributed by atoms with van der Waals surface area (Å²) in [5, 5.41) is 14.3. The lowest BCUT2D eigenvalue weighted by atomic mass is 10.0. The average molecular weight is 551 g/mol. The molecule has 8 nitrogen and oxygen atoms in total. The Kier molecular flexibility index (Phi) is 8.63. The third-order valence-corrected chi connectivity index (χ3v) is 5.99. The molecule has 0 spiro atoms. The van der Waals surface area contributed by atoms with Crippen LogP contribution in [-0.4, -0.2) is 45.4 Å². The largest absolute Gasteiger partial charge is 0.490 e. The number of alkyl halides is 3. The maximum absolute atomic E-state index is 12.1. The second-order valence-corrected chi connectivity index (χ2v) is 8.83. The van der Waals surface area contributed by atoms with Crippen LogP contribution in [0.5, 0.6) is 0 Å². The van der Waals surface area contributed by atoms with Crippen LogP contribution in [0.3, 0.4) is 0 Å². The van der Waals surface area contributed by atoms with Gasteiger partial charge in [0.25, 0.3) is 5.91 Å². The summed E-state index contributed by atoms with van der Waals surface area (Å²) in [6.07, 6.45) is -2.47. The number of aromatic nitrogens is 2. The van der Waals surface area contributed by atoms with Gasteiger partial charge in [-0.15, -0.1) is 0 Å². The van der Waals surface area contributed by atoms with Crippen molar-refractivity contribution in [3.8, 4) is 22.5 Å². The van der Waals surface area contributed by atoms with Gasteiger partial charge in [-0.05, 0) is 36.2 Å². The van der Waals surface area contributed by atoms with Crippen LogP contribution in [0.15, 0.2) is 84.1 Å². The van der Waals surface area contributed by atoms with Gasteiger partial charge in [0.15, 0.2) is 0 Å². The lowest BCUT2D eigenvalue weighted by molar-refractivity contribution is -0.192. The molecular weight excluding hydrogens is 525 g/mol. The van der Waals surface area contributed by atoms with Crippen molar-refractivity contribution in [2.45, 2.75) is 26.1 Å². The van der Waals surface area contributed by atoms with Crippen LogP contribution in [0.1, 0.15) is 34.1 Å². The number of aromatic amines is 1. The number of carboxylic acids is 1. The third kappa shape index (κ3) is 7.13. The number of carbonyl (C=O) groups excluding carboxylic acids is 1. The van der Waals surface area contributed by atoms with E-state index in [0.717, 1.165) is 57.0 Å². The number of nitrogens with one attached hydrogen (secondary N) is 2. The minimum Gasteiger partial charge on any atom is -0.475 e. The molecule has 206 valence electrons. The molecule has 0 aliphatic carbocycles. The van der Waals surface area contributed by atoms with E-state index in [0.29, 0.717) is 13.2 Å². The normalized spacial score (nSPS) is 13.0. The summed E-state index contributed by atoms with van der Waals surface area (Å²) in [4.78, 5) is 34.4. The number of fused-ring (bicyclic) bond motifs is 1. The van der Waals surface area contributed by atoms with Gasteiger partial charge in [0.2, 0.25) is 0 Å². The number of H-pyrrole nitrogens is 1. The smallest absolute Gasteiger partial charge is 0.475 e. The number of carbonyl (C=O) groups is 2. The van der Waals surface area contributed by atoms with E-state index in [1.165, 1.54) is 0 Å². The molecule has 1 amide bonds. The summed E-state index contributed by atoms with van der Waals surface area (Å²) in [5.41, 5.74) is 8.40. The van der Waals surface area contributed by atoms with Gasteiger partial charge >= 0.3 is 12.1 Å². The van der Waals surface area contributed by atoms with E-state index >= 15 is 0 Å². The number of aliphatic carboxylic acids is 1. The molecule has 1 aliphatic rings. The minimum absolute atomic E-state index is 0.0200. The number of amides is 1. The molecule has 5 rings (SSSR count). The lowest BCUT2D eigenvalue weighted by Crippen LogP contribution is -2.31. The van der Waals surface area contributed by atoms with Gasteiger partial charge in [-0.2, -0.15) is 13.2 Å². The van der Waals surface area contributed by atoms with Gasteiger partial charge in [-0.25, -0.2) is 4.79 Å². The van der Waals surface area contributed by atoms with Crippen LogP contribution < -0.4 is 5.32 Å². The molecule has 40 heavy (non-hydrogen) atoms. The molecule has 2 aromatic carbocycles. The first-order chi connectivity index (χ1) is 19.1. The molecule has 0 saturated heterocycles. The summed E-state index contributed by atoms with van der Waals surface area (Å²) in [6, 6.07) is 24.0. The molecule has 1 aliphatic heterocycles. The highest BCUT2D eigenvalue weighted by Crippen LogP contribution is 2.27. The number of pyridine rings is 1. The van der Waals surface area contributed by atoms with Gasteiger partial charge in [-0.1, -0.05) is 59.8 Å². The molecule has 0 radical (unpaired) electrons. The van der Waals surface area contributed by atoms with Crippen molar-refractivity contribution in [3.63, 3.8) is 0 Å². The molecule has 11 heteroatoms. The summed E-state index contributed by atoms with van der Waals surface area (Å²) in [5.74, 6) is -2.78. The Morgan fingerprint density at radius 3 is 2.40 bits per heavy atom. The van der Waals surface area contributed by atoms with E-state index in [4.69, 9.17) is 14.7 Å². The van der Waals surface area contributed by atoms with E-state index in [1.54, 1.807) is 6.20 Å². The quantitative estimate of drug-likeness (QED) is 0.213. The van der Waals surface area contributed by atoms with Gasteiger partial charge in [0.05, 0.1) is 17.0 Å². The Labute approximate surface area is 227 Å². The fraction of sp³-hybridized carbons (Fsp3) is 0.172. The molecule has 0 fully saturated rings. The zero-order valence-corrected chi connectivity index (χ0v) is 21.3. The van der Waals surface area contributed by atoms with Crippen LogP contribution in [-0.2, 0) is 22.7 Å². The molecule has 0 bridgehead atoms. The highest BCUT2D eigenvalue weighted by atomic mass is 19.4. The van der Waals surface area contributed by atoms with Gasteiger partial charge in [0, 0.05) is 41.7 Å². The standard InChI is InChI=1S/C27H24N4O2.C2HF3O2/c1-18(31-33-17-19-5-3-2-4-6-19)20-7-9-21(10-8-20)25-15-22(11-13-28-25)26-16-23-24(30-26)12-14-29-27(23)32;3-2(4,5)1(6)7/h2-11,13,15-16,30H,12,14,17H2,1H3,(H,29,32);(H,6,7). The topological polar surface area (TPSA) is 117 Å². The third-order valence-electron chi connectivity index (χ3n) is 5.99. The maximum atomic E-state index is 12.1. The SMILES string of the molecule is CC(=NOCc1ccccc1)c1ccc(-c2cc(-c3cc4c([nH]3)CCNC4=O)ccn2)cc1.O=C(O)C(F)(F)F. The van der Waals surface area contributed by atoms with E-state index < -0.39 is 12.1 Å². The molecular formula is C29H25F3N4O4. The second kappa shape index (κ2) is 12.3. The predicted molar refractivity (Wildman–Crippen MR) is 143 cm³/mol. The zero-order chi connectivity index (χ0) is 28.7. The number of rotatable bonds is 6. The average Bonchev–Trinajstić information content (AvgIpc) is 3.40. The lowest BCUT2D eigenvalue weighted by Gasteiger charge is -2.11. The van der Waals surface area contributed by atoms with Gasteiger partial charge < -0.3 is 20.2 Å². The zero-order valence-electron chi connectivity index (χ0n) is 21.3. The summed E-state index contributed by atoms with van der Waals surface area (Å²) >= 11 is 0. The predicted octanol–water partition coefficient (Wildman–Crippen LogP) is 5.60. The number of oxime groups is 1. The first-order valence-corrected chi connectivity index (χ1v) is 12.2. The van der Waals surface area contributed by atoms with Crippen molar-refractivity contribution < 1.29 is 32.7 Å². The monoisotopic (exact) mass is 550 g/mol. The Morgan fingerprint density at radius 1 is 1.05 bits per heavy atom. The van der Waals surface area contributed by atoms with Crippen molar-refractivity contribution in [3.05, 3.63) is 101 Å². The van der Waals surface area contributed by atoms with E-state index in [1.807, 2.05) is 79.7 Å². The number of hydrogen-bond acceptors (Lipinski definition) is 5. The summed E-state index contributed by atoms with van der Waals surface area (Å²) in [6.45, 7) is 3.04. The second-order valence-electron chi connectivity index (χ2n) is 8.83. The van der Waals surface area contributed by atoms with E-state index in [-0.39, 0.29) is 5.91 Å². The van der Waals surface area contributed by atoms with Crippen LogP contribution in [0, 0.1) is 0 Å². The van der Waals surface area contributed by atoms with E-state index in [2.05, 4.69) is 20.4 Å². The van der Waals surface area contributed by atoms with Crippen molar-refractivity contribution in [1.82, 2.24) is 15.3 Å². The van der Waals surface area contributed by atoms with Crippen LogP contribution in [0.2, 0.25) is 0 Å². The summed E-state index contributed by atoms with van der Waals surface area (Å²) < 4.78 is 31.7. The fourth-order valence-corrected chi connectivity index (χ4v) is 3.92. The molecule has 2 aromatic heterocycles. The number of halogens is 3. The van der Waals surface area contributed by atoms with Crippen LogP contribution in [0.4, 0.5) is 13.2 Å². The Hall–Kier alpha value is -4.93. The number of benzene rings is 2. The van der Waals surface area contributed by atoms with Crippen molar-refractivity contribution >= 4 is 17.6 Å². The molecule has 3 N–H and O–H groups in total. The maximum Gasteiger partial charge on any atom is 0.490 e. The molecule has 3 heterocycles. The first kappa shape index (κ1) is 28.1. The Balaban J connectivity index is 0.000000470. The van der Waals surface area contributed by atoms with Gasteiger partial charge in [-0.3, -0.25) is 9.78 Å². The highest BCUT2D eigenvalue weighted by molar-refractivity contribution is 5.99. The number of nitrogens with zero attached hydrogens (tertiary/aromatic N) is 2. The van der Waals surface area contributed by atoms with E-state index in [9.17, 15) is 18.0 Å².